The fourth-order valence-corrected chi connectivity index (χ4v) is 6.84. The minimum absolute atomic E-state index is 0.0125. The van der Waals surface area contributed by atoms with Gasteiger partial charge >= 0.3 is 6.03 Å². The summed E-state index contributed by atoms with van der Waals surface area (Å²) in [5, 5.41) is 31.1. The van der Waals surface area contributed by atoms with E-state index in [1.807, 2.05) is 36.4 Å². The van der Waals surface area contributed by atoms with Crippen LogP contribution in [0.4, 0.5) is 10.6 Å². The monoisotopic (exact) mass is 699 g/mol. The number of benzene rings is 2. The average molecular weight is 700 g/mol. The second-order valence-electron chi connectivity index (χ2n) is 13.3. The number of nitrogens with one attached hydrogen (secondary N) is 3. The number of piperidine rings is 1. The van der Waals surface area contributed by atoms with Crippen LogP contribution in [0.15, 0.2) is 67.0 Å². The van der Waals surface area contributed by atoms with Crippen molar-refractivity contribution in [3.8, 4) is 0 Å². The summed E-state index contributed by atoms with van der Waals surface area (Å²) in [6.07, 6.45) is 0.392. The summed E-state index contributed by atoms with van der Waals surface area (Å²) >= 11 is 0. The van der Waals surface area contributed by atoms with Gasteiger partial charge in [-0.15, -0.1) is 0 Å². The van der Waals surface area contributed by atoms with Gasteiger partial charge in [-0.25, -0.2) is 19.7 Å². The third kappa shape index (κ3) is 8.82. The van der Waals surface area contributed by atoms with E-state index in [1.165, 1.54) is 30.5 Å². The van der Waals surface area contributed by atoms with E-state index in [0.717, 1.165) is 30.8 Å². The van der Waals surface area contributed by atoms with E-state index >= 15 is 0 Å². The molecule has 4 atom stereocenters. The number of hydrogen-bond donors (Lipinski definition) is 5. The zero-order valence-electron chi connectivity index (χ0n) is 29.3. The summed E-state index contributed by atoms with van der Waals surface area (Å²) in [7, 11) is 1.70. The predicted octanol–water partition coefficient (Wildman–Crippen LogP) is 2.84. The first-order valence-corrected chi connectivity index (χ1v) is 17.9. The SMILES string of the molecule is CCNC(=O)C[C@@H]1O[C@@H](n2cnc3c(NCC(c4ccccc4)c4ccccc4)nc(CN(C)C(=O)NCCN4CCCCC4)nc32)[C@H](O)[C@@H]1O. The predicted molar refractivity (Wildman–Crippen MR) is 193 cm³/mol. The minimum atomic E-state index is -1.34. The molecule has 272 valence electrons. The maximum absolute atomic E-state index is 13.1. The first-order chi connectivity index (χ1) is 24.8. The molecule has 51 heavy (non-hydrogen) atoms. The molecule has 0 radical (unpaired) electrons. The van der Waals surface area contributed by atoms with Gasteiger partial charge in [-0.05, 0) is 44.0 Å². The van der Waals surface area contributed by atoms with Crippen molar-refractivity contribution in [3.05, 3.63) is 83.9 Å². The third-order valence-electron chi connectivity index (χ3n) is 9.60. The number of nitrogens with zero attached hydrogens (tertiary/aromatic N) is 6. The Bertz CT molecular complexity index is 1700. The Kier molecular flexibility index (Phi) is 12.1. The number of anilines is 1. The van der Waals surface area contributed by atoms with Gasteiger partial charge in [0.25, 0.3) is 0 Å². The number of ether oxygens (including phenoxy) is 1. The second kappa shape index (κ2) is 17.1. The largest absolute Gasteiger partial charge is 0.388 e. The van der Waals surface area contributed by atoms with E-state index in [0.29, 0.717) is 42.4 Å². The highest BCUT2D eigenvalue weighted by molar-refractivity contribution is 5.83. The van der Waals surface area contributed by atoms with Crippen molar-refractivity contribution in [3.63, 3.8) is 0 Å². The lowest BCUT2D eigenvalue weighted by atomic mass is 9.91. The molecule has 2 aliphatic heterocycles. The van der Waals surface area contributed by atoms with Gasteiger partial charge in [0.1, 0.15) is 12.2 Å². The summed E-state index contributed by atoms with van der Waals surface area (Å²) < 4.78 is 7.62. The number of aliphatic hydroxyl groups is 2. The fourth-order valence-electron chi connectivity index (χ4n) is 6.84. The summed E-state index contributed by atoms with van der Waals surface area (Å²) in [4.78, 5) is 43.6. The topological polar surface area (TPSA) is 170 Å². The van der Waals surface area contributed by atoms with Gasteiger partial charge in [0, 0.05) is 39.1 Å². The number of urea groups is 1. The molecule has 6 rings (SSSR count). The van der Waals surface area contributed by atoms with Gasteiger partial charge < -0.3 is 40.7 Å². The molecule has 2 fully saturated rings. The van der Waals surface area contributed by atoms with Crippen LogP contribution in [0.2, 0.25) is 0 Å². The fraction of sp³-hybridized carbons (Fsp3) is 0.486. The highest BCUT2D eigenvalue weighted by Gasteiger charge is 2.45. The lowest BCUT2D eigenvalue weighted by molar-refractivity contribution is -0.125. The lowest BCUT2D eigenvalue weighted by Crippen LogP contribution is -2.42. The van der Waals surface area contributed by atoms with Crippen molar-refractivity contribution in [2.45, 2.75) is 69.6 Å². The Balaban J connectivity index is 1.27. The van der Waals surface area contributed by atoms with Crippen LogP contribution in [0, 0.1) is 0 Å². The normalized spacial score (nSPS) is 20.8. The van der Waals surface area contributed by atoms with Crippen molar-refractivity contribution < 1.29 is 24.5 Å². The number of hydrogen-bond acceptors (Lipinski definition) is 10. The Morgan fingerprint density at radius 1 is 0.961 bits per heavy atom. The van der Waals surface area contributed by atoms with Crippen molar-refractivity contribution in [2.75, 3.05) is 51.6 Å². The van der Waals surface area contributed by atoms with Crippen LogP contribution >= 0.6 is 0 Å². The molecule has 2 aromatic carbocycles. The quantitative estimate of drug-likeness (QED) is 0.132. The van der Waals surface area contributed by atoms with Crippen LogP contribution in [0.5, 0.6) is 0 Å². The first kappa shape index (κ1) is 36.2. The van der Waals surface area contributed by atoms with Crippen LogP contribution in [-0.4, -0.2) is 116 Å². The average Bonchev–Trinajstić information content (AvgIpc) is 3.69. The molecule has 0 aliphatic carbocycles. The van der Waals surface area contributed by atoms with Gasteiger partial charge in [-0.3, -0.25) is 9.36 Å². The maximum Gasteiger partial charge on any atom is 0.317 e. The van der Waals surface area contributed by atoms with Crippen LogP contribution in [-0.2, 0) is 16.1 Å². The molecule has 2 aliphatic rings. The van der Waals surface area contributed by atoms with Crippen molar-refractivity contribution in [2.24, 2.45) is 0 Å². The molecule has 0 bridgehead atoms. The lowest BCUT2D eigenvalue weighted by Gasteiger charge is -2.26. The zero-order chi connectivity index (χ0) is 35.7. The molecule has 2 saturated heterocycles. The number of rotatable bonds is 14. The maximum atomic E-state index is 13.1. The molecule has 0 saturated carbocycles. The summed E-state index contributed by atoms with van der Waals surface area (Å²) in [6.45, 7) is 6.28. The highest BCUT2D eigenvalue weighted by atomic mass is 16.6. The molecule has 0 spiro atoms. The number of amides is 3. The zero-order valence-corrected chi connectivity index (χ0v) is 29.3. The Morgan fingerprint density at radius 3 is 2.31 bits per heavy atom. The highest BCUT2D eigenvalue weighted by Crippen LogP contribution is 2.34. The van der Waals surface area contributed by atoms with Gasteiger partial charge in [0.15, 0.2) is 29.0 Å². The molecule has 0 unspecified atom stereocenters. The molecule has 4 aromatic rings. The number of aliphatic hydroxyl groups excluding tert-OH is 2. The Morgan fingerprint density at radius 2 is 1.65 bits per heavy atom. The number of likely N-dealkylation sites (tertiary alicyclic amines) is 1. The number of fused-ring (bicyclic) bond motifs is 1. The third-order valence-corrected chi connectivity index (χ3v) is 9.60. The standard InChI is InChI=1S/C37H49N9O5/c1-3-38-30(47)21-28-32(48)33(49)36(51-28)46-24-41-31-34(40-22-27(25-13-7-4-8-14-25)26-15-9-5-10-16-26)42-29(43-35(31)46)23-44(2)37(50)39-17-20-45-18-11-6-12-19-45/h4-5,7-10,13-16,24,27-28,32-33,36,48-49H,3,6,11-12,17-23H2,1-2H3,(H,38,47)(H,39,50)(H,40,42,43)/t28-,32+,33+,36+/m0/s1. The Labute approximate surface area is 298 Å². The van der Waals surface area contributed by atoms with Crippen LogP contribution < -0.4 is 16.0 Å². The first-order valence-electron chi connectivity index (χ1n) is 17.9. The van der Waals surface area contributed by atoms with E-state index in [2.05, 4.69) is 50.1 Å². The number of carbonyl (C=O) groups is 2. The Hall–Kier alpha value is -4.63. The van der Waals surface area contributed by atoms with E-state index in [1.54, 1.807) is 18.5 Å². The summed E-state index contributed by atoms with van der Waals surface area (Å²) in [6, 6.07) is 20.2. The van der Waals surface area contributed by atoms with E-state index in [9.17, 15) is 19.8 Å². The molecular formula is C37H49N9O5. The van der Waals surface area contributed by atoms with Crippen molar-refractivity contribution in [1.82, 2.24) is 40.0 Å². The van der Waals surface area contributed by atoms with E-state index < -0.39 is 24.5 Å². The van der Waals surface area contributed by atoms with E-state index in [4.69, 9.17) is 14.7 Å². The van der Waals surface area contributed by atoms with Crippen LogP contribution in [0.1, 0.15) is 61.7 Å². The number of imidazole rings is 1. The van der Waals surface area contributed by atoms with Crippen molar-refractivity contribution >= 4 is 28.9 Å². The van der Waals surface area contributed by atoms with Gasteiger partial charge in [-0.2, -0.15) is 0 Å². The summed E-state index contributed by atoms with van der Waals surface area (Å²) in [5.41, 5.74) is 3.04. The molecule has 3 amide bonds. The molecular weight excluding hydrogens is 650 g/mol. The van der Waals surface area contributed by atoms with Gasteiger partial charge in [-0.1, -0.05) is 67.1 Å². The van der Waals surface area contributed by atoms with E-state index in [-0.39, 0.29) is 30.8 Å². The number of aromatic nitrogens is 4. The van der Waals surface area contributed by atoms with Gasteiger partial charge in [0.2, 0.25) is 5.91 Å². The van der Waals surface area contributed by atoms with Crippen LogP contribution in [0.25, 0.3) is 11.2 Å². The molecule has 5 N–H and O–H groups in total. The molecule has 4 heterocycles. The number of carbonyl (C=O) groups excluding carboxylic acids is 2. The second-order valence-corrected chi connectivity index (χ2v) is 13.3. The van der Waals surface area contributed by atoms with Gasteiger partial charge in [0.05, 0.1) is 25.4 Å². The van der Waals surface area contributed by atoms with Crippen LogP contribution in [0.3, 0.4) is 0 Å². The molecule has 14 nitrogen and oxygen atoms in total. The smallest absolute Gasteiger partial charge is 0.317 e. The molecule has 14 heteroatoms. The van der Waals surface area contributed by atoms with Crippen molar-refractivity contribution in [1.29, 1.82) is 0 Å². The molecule has 2 aromatic heterocycles. The summed E-state index contributed by atoms with van der Waals surface area (Å²) in [5.74, 6) is 0.505. The minimum Gasteiger partial charge on any atom is -0.388 e.